The fraction of sp³-hybridized carbons (Fsp3) is 0.0455. The van der Waals surface area contributed by atoms with Crippen LogP contribution in [-0.4, -0.2) is 12.1 Å². The molecule has 0 aliphatic heterocycles. The smallest absolute Gasteiger partial charge is 0.128 e. The molecule has 0 N–H and O–H groups in total. The van der Waals surface area contributed by atoms with Gasteiger partial charge >= 0.3 is 0 Å². The van der Waals surface area contributed by atoms with Crippen molar-refractivity contribution >= 4 is 10.9 Å². The first kappa shape index (κ1) is 14.5. The minimum absolute atomic E-state index is 0.846. The van der Waals surface area contributed by atoms with E-state index in [1.165, 1.54) is 0 Å². The molecular weight excluding hydrogens is 294 g/mol. The molecule has 0 atom stereocenters. The van der Waals surface area contributed by atoms with Crippen LogP contribution >= 0.6 is 0 Å². The second-order valence-electron chi connectivity index (χ2n) is 5.64. The van der Waals surface area contributed by atoms with Gasteiger partial charge in [-0.2, -0.15) is 0 Å². The Morgan fingerprint density at radius 3 is 2.04 bits per heavy atom. The number of pyridine rings is 1. The summed E-state index contributed by atoms with van der Waals surface area (Å²) < 4.78 is 5.60. The summed E-state index contributed by atoms with van der Waals surface area (Å²) in [5, 5.41) is 1.05. The number of methoxy groups -OCH3 is 1. The maximum absolute atomic E-state index is 5.60. The predicted octanol–water partition coefficient (Wildman–Crippen LogP) is 5.58. The normalized spacial score (nSPS) is 10.7. The molecular formula is C22H17NO. The van der Waals surface area contributed by atoms with E-state index in [2.05, 4.69) is 42.5 Å². The van der Waals surface area contributed by atoms with Crippen LogP contribution in [0.2, 0.25) is 0 Å². The SMILES string of the molecule is COc1cccc2nc(-c3ccccc3)cc(-c3ccccc3)c12. The number of nitrogens with zero attached hydrogens (tertiary/aromatic N) is 1. The van der Waals surface area contributed by atoms with Gasteiger partial charge in [-0.15, -0.1) is 0 Å². The van der Waals surface area contributed by atoms with Gasteiger partial charge in [0.1, 0.15) is 5.75 Å². The Hall–Kier alpha value is -3.13. The first-order valence-electron chi connectivity index (χ1n) is 7.95. The first-order chi connectivity index (χ1) is 11.9. The monoisotopic (exact) mass is 311 g/mol. The lowest BCUT2D eigenvalue weighted by molar-refractivity contribution is 0.420. The molecule has 0 saturated heterocycles. The fourth-order valence-corrected chi connectivity index (χ4v) is 3.03. The quantitative estimate of drug-likeness (QED) is 0.493. The van der Waals surface area contributed by atoms with E-state index in [9.17, 15) is 0 Å². The third-order valence-electron chi connectivity index (χ3n) is 4.17. The standard InChI is InChI=1S/C22H17NO/c1-24-21-14-8-13-19-22(21)18(16-9-4-2-5-10-16)15-20(23-19)17-11-6-3-7-12-17/h2-15H,1H3. The maximum atomic E-state index is 5.60. The molecule has 0 saturated carbocycles. The highest BCUT2D eigenvalue weighted by molar-refractivity contribution is 6.00. The van der Waals surface area contributed by atoms with E-state index in [1.54, 1.807) is 7.11 Å². The molecule has 0 aliphatic rings. The average molecular weight is 311 g/mol. The largest absolute Gasteiger partial charge is 0.496 e. The lowest BCUT2D eigenvalue weighted by atomic mass is 9.98. The van der Waals surface area contributed by atoms with Crippen LogP contribution in [0.5, 0.6) is 5.75 Å². The van der Waals surface area contributed by atoms with Crippen LogP contribution in [0.15, 0.2) is 84.9 Å². The molecule has 3 aromatic carbocycles. The number of fused-ring (bicyclic) bond motifs is 1. The van der Waals surface area contributed by atoms with E-state index < -0.39 is 0 Å². The fourth-order valence-electron chi connectivity index (χ4n) is 3.03. The lowest BCUT2D eigenvalue weighted by Gasteiger charge is -2.13. The molecule has 0 aliphatic carbocycles. The van der Waals surface area contributed by atoms with Crippen LogP contribution in [0.25, 0.3) is 33.3 Å². The van der Waals surface area contributed by atoms with Gasteiger partial charge in [0.2, 0.25) is 0 Å². The van der Waals surface area contributed by atoms with Gasteiger partial charge in [0.25, 0.3) is 0 Å². The van der Waals surface area contributed by atoms with Gasteiger partial charge in [0, 0.05) is 5.56 Å². The summed E-state index contributed by atoms with van der Waals surface area (Å²) in [6.45, 7) is 0. The highest BCUT2D eigenvalue weighted by Crippen LogP contribution is 2.37. The summed E-state index contributed by atoms with van der Waals surface area (Å²) in [5.74, 6) is 0.846. The molecule has 0 amide bonds. The van der Waals surface area contributed by atoms with Crippen LogP contribution in [-0.2, 0) is 0 Å². The van der Waals surface area contributed by atoms with Gasteiger partial charge in [-0.25, -0.2) is 4.98 Å². The van der Waals surface area contributed by atoms with Gasteiger partial charge < -0.3 is 4.74 Å². The van der Waals surface area contributed by atoms with E-state index >= 15 is 0 Å². The third kappa shape index (κ3) is 2.52. The van der Waals surface area contributed by atoms with Gasteiger partial charge in [-0.05, 0) is 29.3 Å². The number of hydrogen-bond acceptors (Lipinski definition) is 2. The summed E-state index contributed by atoms with van der Waals surface area (Å²) in [6, 6.07) is 28.8. The molecule has 1 aromatic heterocycles. The molecule has 2 nitrogen and oxygen atoms in total. The minimum Gasteiger partial charge on any atom is -0.496 e. The Bertz CT molecular complexity index is 979. The highest BCUT2D eigenvalue weighted by atomic mass is 16.5. The zero-order chi connectivity index (χ0) is 16.4. The van der Waals surface area contributed by atoms with Crippen LogP contribution < -0.4 is 4.74 Å². The van der Waals surface area contributed by atoms with E-state index in [4.69, 9.17) is 9.72 Å². The number of ether oxygens (including phenoxy) is 1. The second kappa shape index (κ2) is 6.17. The summed E-state index contributed by atoms with van der Waals surface area (Å²) in [6.07, 6.45) is 0. The van der Waals surface area contributed by atoms with Crippen LogP contribution in [0.1, 0.15) is 0 Å². The Kier molecular flexibility index (Phi) is 3.72. The van der Waals surface area contributed by atoms with E-state index in [1.807, 2.05) is 42.5 Å². The zero-order valence-electron chi connectivity index (χ0n) is 13.4. The molecule has 4 aromatic rings. The highest BCUT2D eigenvalue weighted by Gasteiger charge is 2.13. The minimum atomic E-state index is 0.846. The summed E-state index contributed by atoms with van der Waals surface area (Å²) in [4.78, 5) is 4.86. The summed E-state index contributed by atoms with van der Waals surface area (Å²) in [5.41, 5.74) is 5.31. The Morgan fingerprint density at radius 2 is 1.38 bits per heavy atom. The van der Waals surface area contributed by atoms with Crippen molar-refractivity contribution in [2.45, 2.75) is 0 Å². The van der Waals surface area contributed by atoms with Crippen molar-refractivity contribution in [3.05, 3.63) is 84.9 Å². The molecule has 0 radical (unpaired) electrons. The van der Waals surface area contributed by atoms with Crippen molar-refractivity contribution in [1.82, 2.24) is 4.98 Å². The van der Waals surface area contributed by atoms with Crippen molar-refractivity contribution in [3.63, 3.8) is 0 Å². The molecule has 24 heavy (non-hydrogen) atoms. The van der Waals surface area contributed by atoms with E-state index in [0.29, 0.717) is 0 Å². The molecule has 116 valence electrons. The van der Waals surface area contributed by atoms with Crippen LogP contribution in [0.4, 0.5) is 0 Å². The first-order valence-corrected chi connectivity index (χ1v) is 7.95. The van der Waals surface area contributed by atoms with Gasteiger partial charge in [-0.1, -0.05) is 66.7 Å². The number of rotatable bonds is 3. The zero-order valence-corrected chi connectivity index (χ0v) is 13.4. The molecule has 0 unspecified atom stereocenters. The van der Waals surface area contributed by atoms with Crippen molar-refractivity contribution < 1.29 is 4.74 Å². The molecule has 1 heterocycles. The lowest BCUT2D eigenvalue weighted by Crippen LogP contribution is -1.93. The summed E-state index contributed by atoms with van der Waals surface area (Å²) >= 11 is 0. The Morgan fingerprint density at radius 1 is 0.708 bits per heavy atom. The van der Waals surface area contributed by atoms with Gasteiger partial charge in [-0.3, -0.25) is 0 Å². The van der Waals surface area contributed by atoms with Crippen LogP contribution in [0.3, 0.4) is 0 Å². The molecule has 0 spiro atoms. The molecule has 0 bridgehead atoms. The van der Waals surface area contributed by atoms with Crippen molar-refractivity contribution in [2.75, 3.05) is 7.11 Å². The second-order valence-corrected chi connectivity index (χ2v) is 5.64. The van der Waals surface area contributed by atoms with Crippen LogP contribution in [0, 0.1) is 0 Å². The Balaban J connectivity index is 2.06. The molecule has 4 rings (SSSR count). The van der Waals surface area contributed by atoms with Crippen molar-refractivity contribution in [2.24, 2.45) is 0 Å². The number of aromatic nitrogens is 1. The van der Waals surface area contributed by atoms with Crippen molar-refractivity contribution in [1.29, 1.82) is 0 Å². The molecule has 2 heteroatoms. The Labute approximate surface area is 141 Å². The topological polar surface area (TPSA) is 22.1 Å². The van der Waals surface area contributed by atoms with Crippen molar-refractivity contribution in [3.8, 4) is 28.1 Å². The third-order valence-corrected chi connectivity index (χ3v) is 4.17. The van der Waals surface area contributed by atoms with Gasteiger partial charge in [0.05, 0.1) is 23.7 Å². The number of benzene rings is 3. The van der Waals surface area contributed by atoms with Gasteiger partial charge in [0.15, 0.2) is 0 Å². The summed E-state index contributed by atoms with van der Waals surface area (Å²) in [7, 11) is 1.70. The average Bonchev–Trinajstić information content (AvgIpc) is 2.68. The predicted molar refractivity (Wildman–Crippen MR) is 99.2 cm³/mol. The maximum Gasteiger partial charge on any atom is 0.128 e. The molecule has 0 fully saturated rings. The van der Waals surface area contributed by atoms with E-state index in [-0.39, 0.29) is 0 Å². The van der Waals surface area contributed by atoms with E-state index in [0.717, 1.165) is 39.0 Å². The number of hydrogen-bond donors (Lipinski definition) is 0.